The molecule has 0 heterocycles. The first kappa shape index (κ1) is 10.4. The van der Waals surface area contributed by atoms with Gasteiger partial charge in [0, 0.05) is 11.8 Å². The molecule has 10 heavy (non-hydrogen) atoms. The smallest absolute Gasteiger partial charge is 0.221 e. The van der Waals surface area contributed by atoms with Gasteiger partial charge < -0.3 is 0 Å². The fourth-order valence-electron chi connectivity index (χ4n) is 0.869. The highest BCUT2D eigenvalue weighted by Gasteiger charge is 2.08. The van der Waals surface area contributed by atoms with Crippen LogP contribution in [0.4, 0.5) is 0 Å². The monoisotopic (exact) mass is 226 g/mol. The largest absolute Gasteiger partial charge is 0.281 e. The van der Waals surface area contributed by atoms with E-state index in [0.29, 0.717) is 12.3 Å². The number of carbonyl (C=O) groups excluding carboxylic acids is 1. The highest BCUT2D eigenvalue weighted by atomic mass is 79.9. The van der Waals surface area contributed by atoms with Gasteiger partial charge in [0.1, 0.15) is 0 Å². The summed E-state index contributed by atoms with van der Waals surface area (Å²) in [5.74, 6) is 0.426. The summed E-state index contributed by atoms with van der Waals surface area (Å²) in [6, 6.07) is 0. The molecule has 0 aliphatic heterocycles. The highest BCUT2D eigenvalue weighted by Crippen LogP contribution is 2.15. The molecule has 0 saturated carbocycles. The Labute approximate surface area is 75.3 Å². The molecule has 3 heteroatoms. The molecule has 0 bridgehead atoms. The third kappa shape index (κ3) is 5.24. The molecule has 0 aromatic rings. The van der Waals surface area contributed by atoms with Crippen LogP contribution in [0.3, 0.4) is 0 Å². The Balaban J connectivity index is 3.49. The molecule has 0 aliphatic rings. The number of hydrogen-bond acceptors (Lipinski definition) is 1. The van der Waals surface area contributed by atoms with Crippen LogP contribution >= 0.6 is 27.5 Å². The van der Waals surface area contributed by atoms with Crippen molar-refractivity contribution in [3.63, 3.8) is 0 Å². The Bertz CT molecular complexity index is 106. The van der Waals surface area contributed by atoms with Gasteiger partial charge in [-0.1, -0.05) is 29.3 Å². The normalized spacial score (nSPS) is 13.1. The van der Waals surface area contributed by atoms with E-state index in [1.807, 2.05) is 0 Å². The summed E-state index contributed by atoms with van der Waals surface area (Å²) < 4.78 is 0. The second-order valence-electron chi connectivity index (χ2n) is 2.37. The molecular formula is C7H12BrClO. The summed E-state index contributed by atoms with van der Waals surface area (Å²) in [7, 11) is 0. The Hall–Kier alpha value is 0.440. The maximum atomic E-state index is 10.4. The lowest BCUT2D eigenvalue weighted by Gasteiger charge is -2.08. The summed E-state index contributed by atoms with van der Waals surface area (Å²) in [6.07, 6.45) is 2.69. The zero-order valence-corrected chi connectivity index (χ0v) is 8.41. The minimum atomic E-state index is -0.224. The van der Waals surface area contributed by atoms with Crippen LogP contribution in [0.5, 0.6) is 0 Å². The van der Waals surface area contributed by atoms with Crippen molar-refractivity contribution in [1.29, 1.82) is 0 Å². The molecule has 0 amide bonds. The second kappa shape index (κ2) is 6.17. The third-order valence-corrected chi connectivity index (χ3v) is 2.43. The van der Waals surface area contributed by atoms with Crippen LogP contribution in [0.15, 0.2) is 0 Å². The van der Waals surface area contributed by atoms with Crippen LogP contribution in [0.2, 0.25) is 0 Å². The summed E-state index contributed by atoms with van der Waals surface area (Å²) in [5.41, 5.74) is 0. The molecule has 60 valence electrons. The number of halogens is 2. The SMILES string of the molecule is CCC[C@@H](CBr)CC(=O)Cl. The van der Waals surface area contributed by atoms with Crippen molar-refractivity contribution in [2.24, 2.45) is 5.92 Å². The van der Waals surface area contributed by atoms with Crippen LogP contribution in [0.1, 0.15) is 26.2 Å². The fraction of sp³-hybridized carbons (Fsp3) is 0.857. The molecule has 0 unspecified atom stereocenters. The van der Waals surface area contributed by atoms with E-state index in [-0.39, 0.29) is 5.24 Å². The quantitative estimate of drug-likeness (QED) is 0.521. The third-order valence-electron chi connectivity index (χ3n) is 1.36. The lowest BCUT2D eigenvalue weighted by atomic mass is 10.0. The van der Waals surface area contributed by atoms with Gasteiger partial charge in [-0.25, -0.2) is 0 Å². The lowest BCUT2D eigenvalue weighted by molar-refractivity contribution is -0.112. The van der Waals surface area contributed by atoms with E-state index in [2.05, 4.69) is 22.9 Å². The Morgan fingerprint density at radius 2 is 2.30 bits per heavy atom. The average molecular weight is 228 g/mol. The Morgan fingerprint density at radius 3 is 2.60 bits per heavy atom. The van der Waals surface area contributed by atoms with E-state index in [0.717, 1.165) is 18.2 Å². The highest BCUT2D eigenvalue weighted by molar-refractivity contribution is 9.09. The molecule has 0 fully saturated rings. The summed E-state index contributed by atoms with van der Waals surface area (Å²) in [6.45, 7) is 2.11. The molecule has 0 saturated heterocycles. The van der Waals surface area contributed by atoms with Crippen LogP contribution in [0.25, 0.3) is 0 Å². The second-order valence-corrected chi connectivity index (χ2v) is 3.44. The van der Waals surface area contributed by atoms with Gasteiger partial charge in [0.15, 0.2) is 0 Å². The lowest BCUT2D eigenvalue weighted by Crippen LogP contribution is -2.05. The van der Waals surface area contributed by atoms with E-state index in [1.165, 1.54) is 0 Å². The maximum Gasteiger partial charge on any atom is 0.221 e. The molecule has 0 N–H and O–H groups in total. The zero-order chi connectivity index (χ0) is 7.98. The number of hydrogen-bond donors (Lipinski definition) is 0. The van der Waals surface area contributed by atoms with E-state index in [9.17, 15) is 4.79 Å². The molecule has 0 spiro atoms. The molecule has 0 aromatic carbocycles. The van der Waals surface area contributed by atoms with Crippen molar-refractivity contribution < 1.29 is 4.79 Å². The Kier molecular flexibility index (Phi) is 6.44. The number of alkyl halides is 1. The van der Waals surface area contributed by atoms with Gasteiger partial charge in [-0.3, -0.25) is 4.79 Å². The van der Waals surface area contributed by atoms with Crippen molar-refractivity contribution in [1.82, 2.24) is 0 Å². The van der Waals surface area contributed by atoms with E-state index in [1.54, 1.807) is 0 Å². The minimum absolute atomic E-state index is 0.224. The van der Waals surface area contributed by atoms with Gasteiger partial charge in [0.05, 0.1) is 0 Å². The topological polar surface area (TPSA) is 17.1 Å². The fourth-order valence-corrected chi connectivity index (χ4v) is 1.64. The molecule has 0 radical (unpaired) electrons. The number of rotatable bonds is 5. The first-order valence-corrected chi connectivity index (χ1v) is 4.95. The molecule has 0 rings (SSSR count). The predicted octanol–water partition coefficient (Wildman–Crippen LogP) is 2.95. The average Bonchev–Trinajstić information content (AvgIpc) is 1.86. The van der Waals surface area contributed by atoms with Gasteiger partial charge in [-0.2, -0.15) is 0 Å². The molecule has 1 atom stereocenters. The Morgan fingerprint density at radius 1 is 1.70 bits per heavy atom. The van der Waals surface area contributed by atoms with Gasteiger partial charge in [-0.05, 0) is 23.9 Å². The first-order valence-electron chi connectivity index (χ1n) is 3.45. The zero-order valence-electron chi connectivity index (χ0n) is 6.07. The van der Waals surface area contributed by atoms with E-state index in [4.69, 9.17) is 11.6 Å². The van der Waals surface area contributed by atoms with Gasteiger partial charge in [-0.15, -0.1) is 0 Å². The van der Waals surface area contributed by atoms with E-state index < -0.39 is 0 Å². The van der Waals surface area contributed by atoms with Gasteiger partial charge in [0.25, 0.3) is 0 Å². The number of carbonyl (C=O) groups is 1. The van der Waals surface area contributed by atoms with Crippen molar-refractivity contribution in [3.8, 4) is 0 Å². The van der Waals surface area contributed by atoms with Gasteiger partial charge in [0.2, 0.25) is 5.24 Å². The molecular weight excluding hydrogens is 215 g/mol. The van der Waals surface area contributed by atoms with Crippen LogP contribution in [-0.4, -0.2) is 10.6 Å². The summed E-state index contributed by atoms with van der Waals surface area (Å²) in [4.78, 5) is 10.4. The van der Waals surface area contributed by atoms with Crippen LogP contribution in [-0.2, 0) is 4.79 Å². The maximum absolute atomic E-state index is 10.4. The molecule has 1 nitrogen and oxygen atoms in total. The van der Waals surface area contributed by atoms with Crippen molar-refractivity contribution >= 4 is 32.8 Å². The van der Waals surface area contributed by atoms with Crippen LogP contribution in [0, 0.1) is 5.92 Å². The summed E-state index contributed by atoms with van der Waals surface area (Å²) in [5, 5.41) is 0.650. The predicted molar refractivity (Wildman–Crippen MR) is 47.7 cm³/mol. The molecule has 0 aromatic heterocycles. The van der Waals surface area contributed by atoms with Crippen molar-refractivity contribution in [2.75, 3.05) is 5.33 Å². The van der Waals surface area contributed by atoms with Gasteiger partial charge >= 0.3 is 0 Å². The minimum Gasteiger partial charge on any atom is -0.281 e. The van der Waals surface area contributed by atoms with Crippen LogP contribution < -0.4 is 0 Å². The first-order chi connectivity index (χ1) is 4.70. The molecule has 0 aliphatic carbocycles. The van der Waals surface area contributed by atoms with Crippen molar-refractivity contribution in [3.05, 3.63) is 0 Å². The standard InChI is InChI=1S/C7H12BrClO/c1-2-3-6(5-8)4-7(9)10/h6H,2-5H2,1H3/t6-/m1/s1. The summed E-state index contributed by atoms with van der Waals surface area (Å²) >= 11 is 8.56. The van der Waals surface area contributed by atoms with E-state index >= 15 is 0 Å². The van der Waals surface area contributed by atoms with Crippen molar-refractivity contribution in [2.45, 2.75) is 26.2 Å².